The van der Waals surface area contributed by atoms with E-state index in [1.165, 1.54) is 7.11 Å². The summed E-state index contributed by atoms with van der Waals surface area (Å²) in [5.74, 6) is -1.26. The summed E-state index contributed by atoms with van der Waals surface area (Å²) in [6, 6.07) is 7.72. The van der Waals surface area contributed by atoms with Gasteiger partial charge in [0, 0.05) is 24.0 Å². The number of hydrogen-bond acceptors (Lipinski definition) is 11. The number of methoxy groups -OCH3 is 1. The molecule has 13 nitrogen and oxygen atoms in total. The van der Waals surface area contributed by atoms with Crippen LogP contribution in [0.4, 0.5) is 0 Å². The fourth-order valence-electron chi connectivity index (χ4n) is 6.89. The highest BCUT2D eigenvalue weighted by Gasteiger charge is 2.56. The zero-order valence-corrected chi connectivity index (χ0v) is 35.0. The van der Waals surface area contributed by atoms with Crippen molar-refractivity contribution in [2.45, 2.75) is 159 Å². The topological polar surface area (TPSA) is 157 Å². The first-order chi connectivity index (χ1) is 25.6. The fourth-order valence-corrected chi connectivity index (χ4v) is 7.93. The van der Waals surface area contributed by atoms with Gasteiger partial charge in [0.2, 0.25) is 0 Å². The zero-order valence-electron chi connectivity index (χ0n) is 32.8. The van der Waals surface area contributed by atoms with Gasteiger partial charge in [-0.2, -0.15) is 0 Å². The van der Waals surface area contributed by atoms with Crippen LogP contribution in [0.1, 0.15) is 110 Å². The largest absolute Gasteiger partial charge is 0.467 e. The summed E-state index contributed by atoms with van der Waals surface area (Å²) >= 11 is 2.13. The Hall–Kier alpha value is -2.04. The van der Waals surface area contributed by atoms with Crippen LogP contribution in [-0.4, -0.2) is 97.5 Å². The number of halogens is 1. The molecule has 2 aliphatic heterocycles. The predicted octanol–water partition coefficient (Wildman–Crippen LogP) is 8.35. The van der Waals surface area contributed by atoms with Crippen molar-refractivity contribution in [3.05, 3.63) is 46.3 Å². The number of azide groups is 1. The van der Waals surface area contributed by atoms with E-state index >= 15 is 0 Å². The SMILES string of the molecule is CCCCOCC1O[C@H](O[C@H]2C(I)C(OC(=O)c3ccccc3)[C@H](OC(C)(CC)CC)O[C@H]2C(=O)OC)[C@@H](N=[N+]=[N-])C(OCCCC)[C@@H]1C(CC)CC. The van der Waals surface area contributed by atoms with Crippen molar-refractivity contribution in [2.75, 3.05) is 26.9 Å². The zero-order chi connectivity index (χ0) is 39.0. The van der Waals surface area contributed by atoms with E-state index in [0.29, 0.717) is 31.6 Å². The van der Waals surface area contributed by atoms with E-state index in [0.717, 1.165) is 38.5 Å². The number of carbonyl (C=O) groups is 2. The summed E-state index contributed by atoms with van der Waals surface area (Å²) in [5, 5.41) is 4.24. The molecule has 10 atom stereocenters. The standard InChI is InChI=1S/C39H62IN3O10/c1-9-15-22-47-24-27-28(25(11-3)12-4)31(48-23-16-10-2)30(42-43-41)37(49-27)51-32-29(40)33(50-35(44)26-20-18-17-19-21-26)38(52-34(32)36(45)46-8)53-39(7,13-5)14-6/h17-21,25,27-34,37-38H,9-16,22-24H2,1-8H3/t27?,28-,29?,30+,31?,32+,33?,34-,37-,38+/m1/s1. The maximum Gasteiger partial charge on any atom is 0.338 e. The Morgan fingerprint density at radius 1 is 0.943 bits per heavy atom. The van der Waals surface area contributed by atoms with Crippen LogP contribution in [-0.2, 0) is 42.7 Å². The van der Waals surface area contributed by atoms with Gasteiger partial charge in [-0.3, -0.25) is 0 Å². The molecule has 53 heavy (non-hydrogen) atoms. The van der Waals surface area contributed by atoms with Gasteiger partial charge in [-0.15, -0.1) is 0 Å². The molecule has 300 valence electrons. The normalized spacial score (nSPS) is 29.0. The Morgan fingerprint density at radius 2 is 1.60 bits per heavy atom. The molecule has 0 bridgehead atoms. The van der Waals surface area contributed by atoms with Gasteiger partial charge < -0.3 is 37.9 Å². The highest BCUT2D eigenvalue weighted by Crippen LogP contribution is 2.42. The summed E-state index contributed by atoms with van der Waals surface area (Å²) in [5.41, 5.74) is 9.60. The molecule has 0 saturated carbocycles. The monoisotopic (exact) mass is 859 g/mol. The minimum Gasteiger partial charge on any atom is -0.467 e. The van der Waals surface area contributed by atoms with Gasteiger partial charge in [0.25, 0.3) is 0 Å². The van der Waals surface area contributed by atoms with Crippen molar-refractivity contribution in [2.24, 2.45) is 17.0 Å². The molecule has 4 unspecified atom stereocenters. The Bertz CT molecular complexity index is 1280. The molecule has 1 aromatic carbocycles. The second-order valence-corrected chi connectivity index (χ2v) is 15.5. The molecule has 14 heteroatoms. The number of alkyl halides is 1. The van der Waals surface area contributed by atoms with Gasteiger partial charge >= 0.3 is 11.9 Å². The number of carbonyl (C=O) groups excluding carboxylic acids is 2. The number of rotatable bonds is 22. The van der Waals surface area contributed by atoms with Gasteiger partial charge in [-0.25, -0.2) is 9.59 Å². The van der Waals surface area contributed by atoms with Crippen LogP contribution in [0.2, 0.25) is 0 Å². The Labute approximate surface area is 329 Å². The minimum absolute atomic E-state index is 0.161. The molecule has 0 aliphatic carbocycles. The quantitative estimate of drug-likeness (QED) is 0.0211. The lowest BCUT2D eigenvalue weighted by molar-refractivity contribution is -0.327. The lowest BCUT2D eigenvalue weighted by atomic mass is 9.76. The molecule has 0 N–H and O–H groups in total. The molecule has 0 radical (unpaired) electrons. The Kier molecular flexibility index (Phi) is 19.8. The van der Waals surface area contributed by atoms with E-state index in [1.807, 2.05) is 26.8 Å². The summed E-state index contributed by atoms with van der Waals surface area (Å²) in [6.07, 6.45) is -0.115. The van der Waals surface area contributed by atoms with Gasteiger partial charge in [0.15, 0.2) is 24.8 Å². The molecule has 0 spiro atoms. The van der Waals surface area contributed by atoms with Crippen LogP contribution in [0.25, 0.3) is 10.4 Å². The van der Waals surface area contributed by atoms with E-state index in [2.05, 4.69) is 60.3 Å². The van der Waals surface area contributed by atoms with Gasteiger partial charge in [0.1, 0.15) is 12.1 Å². The molecule has 1 aromatic rings. The van der Waals surface area contributed by atoms with Crippen LogP contribution in [0.3, 0.4) is 0 Å². The van der Waals surface area contributed by atoms with Gasteiger partial charge in [0.05, 0.1) is 41.0 Å². The molecule has 2 heterocycles. The van der Waals surface area contributed by atoms with E-state index in [9.17, 15) is 15.1 Å². The molecular formula is C39H62IN3O10. The number of unbranched alkanes of at least 4 members (excludes halogenated alkanes) is 2. The summed E-state index contributed by atoms with van der Waals surface area (Å²) < 4.78 is 49.9. The second kappa shape index (κ2) is 23.1. The lowest BCUT2D eigenvalue weighted by Crippen LogP contribution is -2.65. The van der Waals surface area contributed by atoms with Crippen LogP contribution >= 0.6 is 22.6 Å². The van der Waals surface area contributed by atoms with Crippen molar-refractivity contribution < 1.29 is 47.5 Å². The van der Waals surface area contributed by atoms with E-state index in [-0.39, 0.29) is 18.4 Å². The van der Waals surface area contributed by atoms with E-state index in [4.69, 9.17) is 37.9 Å². The fraction of sp³-hybridized carbons (Fsp3) is 0.795. The van der Waals surface area contributed by atoms with Crippen LogP contribution in [0.15, 0.2) is 35.4 Å². The maximum absolute atomic E-state index is 13.5. The smallest absolute Gasteiger partial charge is 0.338 e. The summed E-state index contributed by atoms with van der Waals surface area (Å²) in [6.45, 7) is 15.7. The molecule has 3 rings (SSSR count). The first-order valence-electron chi connectivity index (χ1n) is 19.4. The van der Waals surface area contributed by atoms with Gasteiger partial charge in [-0.05, 0) is 56.2 Å². The van der Waals surface area contributed by atoms with Crippen LogP contribution < -0.4 is 0 Å². The van der Waals surface area contributed by atoms with Crippen LogP contribution in [0, 0.1) is 11.8 Å². The summed E-state index contributed by atoms with van der Waals surface area (Å²) in [4.78, 5) is 30.3. The third kappa shape index (κ3) is 12.2. The molecule has 2 aliphatic rings. The summed E-state index contributed by atoms with van der Waals surface area (Å²) in [7, 11) is 1.27. The number of ether oxygens (including phenoxy) is 8. The third-order valence-corrected chi connectivity index (χ3v) is 12.0. The Morgan fingerprint density at radius 3 is 2.19 bits per heavy atom. The Balaban J connectivity index is 2.10. The lowest BCUT2D eigenvalue weighted by Gasteiger charge is -2.50. The first-order valence-corrected chi connectivity index (χ1v) is 20.7. The van der Waals surface area contributed by atoms with E-state index in [1.54, 1.807) is 24.3 Å². The number of esters is 2. The molecule has 0 aromatic heterocycles. The van der Waals surface area contributed by atoms with Crippen molar-refractivity contribution in [3.63, 3.8) is 0 Å². The maximum atomic E-state index is 13.5. The van der Waals surface area contributed by atoms with Crippen molar-refractivity contribution in [3.8, 4) is 0 Å². The number of hydrogen-bond donors (Lipinski definition) is 0. The predicted molar refractivity (Wildman–Crippen MR) is 209 cm³/mol. The average Bonchev–Trinajstić information content (AvgIpc) is 3.17. The van der Waals surface area contributed by atoms with Crippen molar-refractivity contribution in [1.29, 1.82) is 0 Å². The van der Waals surface area contributed by atoms with Gasteiger partial charge in [-0.1, -0.05) is 113 Å². The highest BCUT2D eigenvalue weighted by molar-refractivity contribution is 14.1. The van der Waals surface area contributed by atoms with Crippen molar-refractivity contribution >= 4 is 34.5 Å². The minimum atomic E-state index is -1.30. The molecule has 0 amide bonds. The van der Waals surface area contributed by atoms with Crippen LogP contribution in [0.5, 0.6) is 0 Å². The van der Waals surface area contributed by atoms with E-state index < -0.39 is 70.6 Å². The second-order valence-electron chi connectivity index (χ2n) is 14.0. The molecule has 2 fully saturated rings. The molecule has 2 saturated heterocycles. The van der Waals surface area contributed by atoms with Crippen molar-refractivity contribution in [1.82, 2.24) is 0 Å². The average molecular weight is 860 g/mol. The number of benzene rings is 1. The highest BCUT2D eigenvalue weighted by atomic mass is 127. The molecular weight excluding hydrogens is 797 g/mol. The third-order valence-electron chi connectivity index (χ3n) is 10.6. The first kappa shape index (κ1) is 45.4. The number of nitrogens with zero attached hydrogens (tertiary/aromatic N) is 3.